The molecule has 3 aliphatic rings. The van der Waals surface area contributed by atoms with Gasteiger partial charge in [0, 0.05) is 17.9 Å². The summed E-state index contributed by atoms with van der Waals surface area (Å²) in [6.07, 6.45) is 22.7. The van der Waals surface area contributed by atoms with E-state index >= 15 is 0 Å². The minimum Gasteiger partial charge on any atom is -0.341 e. The molecule has 1 nitrogen and oxygen atoms in total. The van der Waals surface area contributed by atoms with Crippen LogP contribution in [-0.2, 0) is 17.3 Å². The molecule has 0 fully saturated rings. The molecule has 0 spiro atoms. The molecule has 0 N–H and O–H groups in total. The van der Waals surface area contributed by atoms with Crippen LogP contribution in [0, 0.1) is 0 Å². The maximum atomic E-state index is 2.55. The molecule has 0 aliphatic heterocycles. The average molecular weight is 788 g/mol. The van der Waals surface area contributed by atoms with E-state index in [0.717, 1.165) is 32.2 Å². The SMILES string of the molecule is CC1=C(/C=C\CN(/C2=C/C=C\Cc3ccccc3C(C)(C)C2)c2ccc(-c3cc4ccccc4c4ccccc34)cc2)c2ccccc2C1(C1=CC=CCC1)c1ccccc1. The molecule has 0 radical (unpaired) electrons. The van der Waals surface area contributed by atoms with Gasteiger partial charge in [-0.1, -0.05) is 201 Å². The Kier molecular flexibility index (Phi) is 10.1. The normalized spacial score (nSPS) is 19.7. The van der Waals surface area contributed by atoms with E-state index in [4.69, 9.17) is 0 Å². The number of benzene rings is 7. The van der Waals surface area contributed by atoms with Crippen molar-refractivity contribution in [3.8, 4) is 11.1 Å². The quantitative estimate of drug-likeness (QED) is 0.139. The van der Waals surface area contributed by atoms with E-state index in [-0.39, 0.29) is 10.8 Å². The molecule has 3 aliphatic carbocycles. The molecule has 10 rings (SSSR count). The lowest BCUT2D eigenvalue weighted by Crippen LogP contribution is -2.30. The number of hydrogen-bond acceptors (Lipinski definition) is 1. The summed E-state index contributed by atoms with van der Waals surface area (Å²) in [7, 11) is 0. The Labute approximate surface area is 362 Å². The lowest BCUT2D eigenvalue weighted by atomic mass is 9.65. The van der Waals surface area contributed by atoms with Crippen molar-refractivity contribution in [2.24, 2.45) is 0 Å². The van der Waals surface area contributed by atoms with Crippen molar-refractivity contribution in [3.63, 3.8) is 0 Å². The molecule has 0 saturated heterocycles. The Hall–Kier alpha value is -6.70. The molecular formula is C60H53N. The van der Waals surface area contributed by atoms with Crippen LogP contribution in [0.1, 0.15) is 67.9 Å². The fourth-order valence-corrected chi connectivity index (χ4v) is 10.7. The average Bonchev–Trinajstić information content (AvgIpc) is 3.59. The third kappa shape index (κ3) is 6.83. The highest BCUT2D eigenvalue weighted by Crippen LogP contribution is 2.56. The summed E-state index contributed by atoms with van der Waals surface area (Å²) in [6.45, 7) is 7.94. The Balaban J connectivity index is 1.07. The first-order valence-electron chi connectivity index (χ1n) is 22.1. The van der Waals surface area contributed by atoms with Crippen molar-refractivity contribution in [2.45, 2.75) is 57.3 Å². The van der Waals surface area contributed by atoms with E-state index in [0.29, 0.717) is 0 Å². The van der Waals surface area contributed by atoms with Crippen LogP contribution in [0.5, 0.6) is 0 Å². The predicted octanol–water partition coefficient (Wildman–Crippen LogP) is 15.4. The Morgan fingerprint density at radius 3 is 2.11 bits per heavy atom. The minimum absolute atomic E-state index is 0.0681. The molecular weight excluding hydrogens is 735 g/mol. The topological polar surface area (TPSA) is 3.24 Å². The van der Waals surface area contributed by atoms with E-state index in [1.54, 1.807) is 0 Å². The zero-order chi connectivity index (χ0) is 41.4. The molecule has 0 aromatic heterocycles. The van der Waals surface area contributed by atoms with Gasteiger partial charge in [0.1, 0.15) is 0 Å². The molecule has 0 bridgehead atoms. The highest BCUT2D eigenvalue weighted by atomic mass is 15.1. The molecule has 298 valence electrons. The van der Waals surface area contributed by atoms with Crippen LogP contribution < -0.4 is 4.90 Å². The summed E-state index contributed by atoms with van der Waals surface area (Å²) in [5, 5.41) is 5.14. The van der Waals surface area contributed by atoms with E-state index in [1.165, 1.54) is 88.6 Å². The van der Waals surface area contributed by atoms with Gasteiger partial charge in [-0.3, -0.25) is 0 Å². The second kappa shape index (κ2) is 16.1. The van der Waals surface area contributed by atoms with Crippen LogP contribution in [0.2, 0.25) is 0 Å². The third-order valence-electron chi connectivity index (χ3n) is 13.6. The van der Waals surface area contributed by atoms with Crippen LogP contribution >= 0.6 is 0 Å². The predicted molar refractivity (Wildman–Crippen MR) is 261 cm³/mol. The summed E-state index contributed by atoms with van der Waals surface area (Å²) < 4.78 is 0. The molecule has 61 heavy (non-hydrogen) atoms. The lowest BCUT2D eigenvalue weighted by molar-refractivity contribution is 0.509. The molecule has 1 unspecified atom stereocenters. The van der Waals surface area contributed by atoms with Crippen LogP contribution in [0.3, 0.4) is 0 Å². The summed E-state index contributed by atoms with van der Waals surface area (Å²) in [5.74, 6) is 0. The van der Waals surface area contributed by atoms with Gasteiger partial charge in [-0.05, 0) is 134 Å². The molecule has 0 amide bonds. The fraction of sp³-hybridized carbons (Fsp3) is 0.167. The number of nitrogens with zero attached hydrogens (tertiary/aromatic N) is 1. The molecule has 0 saturated carbocycles. The lowest BCUT2D eigenvalue weighted by Gasteiger charge is -2.37. The first-order chi connectivity index (χ1) is 29.9. The van der Waals surface area contributed by atoms with Crippen LogP contribution in [0.15, 0.2) is 223 Å². The van der Waals surface area contributed by atoms with E-state index < -0.39 is 0 Å². The number of rotatable bonds is 8. The molecule has 1 atom stereocenters. The van der Waals surface area contributed by atoms with Gasteiger partial charge in [-0.15, -0.1) is 0 Å². The first kappa shape index (κ1) is 38.5. The largest absolute Gasteiger partial charge is 0.341 e. The zero-order valence-corrected chi connectivity index (χ0v) is 35.6. The zero-order valence-electron chi connectivity index (χ0n) is 35.6. The van der Waals surface area contributed by atoms with Crippen molar-refractivity contribution >= 4 is 32.8 Å². The standard InChI is InChI=1S/C60H53N/c1-43-51(55-32-17-19-35-58(55)60(43,47-24-6-4-7-25-47)48-26-8-5-9-27-48)33-20-40-61(50-28-13-10-21-45-22-12-18-34-57(45)59(2,3)42-50)49-38-36-44(37-39-49)56-41-46-23-11-14-29-52(46)53-30-15-16-31-54(53)56/h4-8,10-20,22-26,28-39,41H,9,21,27,40,42H2,1-3H3/b13-10-,33-20-,50-28+. The Bertz CT molecular complexity index is 2970. The van der Waals surface area contributed by atoms with Gasteiger partial charge in [-0.25, -0.2) is 0 Å². The van der Waals surface area contributed by atoms with Crippen molar-refractivity contribution < 1.29 is 0 Å². The van der Waals surface area contributed by atoms with Gasteiger partial charge in [0.05, 0.1) is 5.41 Å². The second-order valence-corrected chi connectivity index (χ2v) is 17.6. The number of allylic oxidation sites excluding steroid dienone is 11. The molecule has 7 aromatic rings. The summed E-state index contributed by atoms with van der Waals surface area (Å²) in [5.41, 5.74) is 15.7. The Morgan fingerprint density at radius 2 is 1.31 bits per heavy atom. The molecule has 7 aromatic carbocycles. The van der Waals surface area contributed by atoms with Crippen molar-refractivity contribution in [3.05, 3.63) is 251 Å². The molecule has 0 heterocycles. The van der Waals surface area contributed by atoms with E-state index in [2.05, 4.69) is 232 Å². The van der Waals surface area contributed by atoms with Gasteiger partial charge in [0.2, 0.25) is 0 Å². The van der Waals surface area contributed by atoms with Crippen LogP contribution in [0.25, 0.3) is 38.2 Å². The summed E-state index contributed by atoms with van der Waals surface area (Å²) in [6, 6.07) is 58.6. The number of fused-ring (bicyclic) bond motifs is 5. The highest BCUT2D eigenvalue weighted by molar-refractivity contribution is 6.13. The van der Waals surface area contributed by atoms with Crippen molar-refractivity contribution in [1.29, 1.82) is 0 Å². The highest BCUT2D eigenvalue weighted by Gasteiger charge is 2.46. The maximum Gasteiger partial charge on any atom is 0.0636 e. The van der Waals surface area contributed by atoms with Gasteiger partial charge in [0.15, 0.2) is 0 Å². The first-order valence-corrected chi connectivity index (χ1v) is 22.1. The number of anilines is 1. The van der Waals surface area contributed by atoms with Crippen LogP contribution in [0.4, 0.5) is 5.69 Å². The smallest absolute Gasteiger partial charge is 0.0636 e. The van der Waals surface area contributed by atoms with E-state index in [1.807, 2.05) is 0 Å². The van der Waals surface area contributed by atoms with Gasteiger partial charge >= 0.3 is 0 Å². The van der Waals surface area contributed by atoms with Gasteiger partial charge < -0.3 is 4.90 Å². The number of hydrogen-bond donors (Lipinski definition) is 0. The van der Waals surface area contributed by atoms with Crippen LogP contribution in [-0.4, -0.2) is 6.54 Å². The fourth-order valence-electron chi connectivity index (χ4n) is 10.7. The third-order valence-corrected chi connectivity index (χ3v) is 13.6. The van der Waals surface area contributed by atoms with Gasteiger partial charge in [0.25, 0.3) is 0 Å². The van der Waals surface area contributed by atoms with Crippen molar-refractivity contribution in [2.75, 3.05) is 11.4 Å². The second-order valence-electron chi connectivity index (χ2n) is 17.6. The Morgan fingerprint density at radius 1 is 0.623 bits per heavy atom. The van der Waals surface area contributed by atoms with E-state index in [9.17, 15) is 0 Å². The van der Waals surface area contributed by atoms with Crippen molar-refractivity contribution in [1.82, 2.24) is 0 Å². The molecule has 1 heteroatoms. The summed E-state index contributed by atoms with van der Waals surface area (Å²) in [4.78, 5) is 2.55. The van der Waals surface area contributed by atoms with Gasteiger partial charge in [-0.2, -0.15) is 0 Å². The summed E-state index contributed by atoms with van der Waals surface area (Å²) >= 11 is 0. The monoisotopic (exact) mass is 787 g/mol. The minimum atomic E-state index is -0.298. The maximum absolute atomic E-state index is 2.55.